The second-order valence-corrected chi connectivity index (χ2v) is 7.17. The maximum absolute atomic E-state index is 13.0. The number of hydrogen-bond acceptors (Lipinski definition) is 5. The molecule has 0 unspecified atom stereocenters. The zero-order chi connectivity index (χ0) is 18.6. The first-order valence-corrected chi connectivity index (χ1v) is 9.63. The van der Waals surface area contributed by atoms with E-state index >= 15 is 0 Å². The summed E-state index contributed by atoms with van der Waals surface area (Å²) in [5.74, 6) is 0.432. The normalized spacial score (nSPS) is 14.4. The van der Waals surface area contributed by atoms with E-state index in [0.29, 0.717) is 31.7 Å². The summed E-state index contributed by atoms with van der Waals surface area (Å²) in [5, 5.41) is 0.898. The van der Waals surface area contributed by atoms with E-state index in [9.17, 15) is 9.18 Å². The standard InChI is InChI=1S/C20H19FN4OS/c21-17-8-6-16(7-9-17)19(26)24-10-12-25(13-11-24)20-22-18(23-27-20)14-15-4-2-1-3-5-15/h1-9H,10-14H2. The Morgan fingerprint density at radius 2 is 1.70 bits per heavy atom. The van der Waals surface area contributed by atoms with Gasteiger partial charge in [0.05, 0.1) is 0 Å². The lowest BCUT2D eigenvalue weighted by Crippen LogP contribution is -2.48. The van der Waals surface area contributed by atoms with Crippen LogP contribution in [0.2, 0.25) is 0 Å². The molecule has 1 aliphatic rings. The molecule has 3 aromatic rings. The molecule has 7 heteroatoms. The minimum absolute atomic E-state index is 0.0586. The van der Waals surface area contributed by atoms with Crippen LogP contribution in [0.5, 0.6) is 0 Å². The van der Waals surface area contributed by atoms with Crippen LogP contribution in [0.1, 0.15) is 21.7 Å². The number of nitrogens with zero attached hydrogens (tertiary/aromatic N) is 4. The van der Waals surface area contributed by atoms with E-state index in [1.807, 2.05) is 18.2 Å². The number of anilines is 1. The van der Waals surface area contributed by atoms with Crippen LogP contribution in [0.4, 0.5) is 9.52 Å². The number of halogens is 1. The summed E-state index contributed by atoms with van der Waals surface area (Å²) >= 11 is 1.40. The van der Waals surface area contributed by atoms with Gasteiger partial charge in [0.1, 0.15) is 11.6 Å². The third kappa shape index (κ3) is 4.14. The third-order valence-corrected chi connectivity index (χ3v) is 5.41. The van der Waals surface area contributed by atoms with Crippen molar-refractivity contribution in [3.63, 3.8) is 0 Å². The van der Waals surface area contributed by atoms with Crippen LogP contribution in [0, 0.1) is 5.82 Å². The van der Waals surface area contributed by atoms with Crippen LogP contribution in [-0.4, -0.2) is 46.3 Å². The van der Waals surface area contributed by atoms with Gasteiger partial charge in [-0.15, -0.1) is 0 Å². The highest BCUT2D eigenvalue weighted by molar-refractivity contribution is 7.09. The van der Waals surface area contributed by atoms with Crippen molar-refractivity contribution >= 4 is 22.6 Å². The summed E-state index contributed by atoms with van der Waals surface area (Å²) in [6.07, 6.45) is 0.723. The van der Waals surface area contributed by atoms with Gasteiger partial charge >= 0.3 is 0 Å². The summed E-state index contributed by atoms with van der Waals surface area (Å²) in [6, 6.07) is 15.9. The van der Waals surface area contributed by atoms with Crippen LogP contribution in [0.25, 0.3) is 0 Å². The molecule has 1 fully saturated rings. The number of piperazine rings is 1. The molecule has 4 rings (SSSR count). The molecule has 0 saturated carbocycles. The number of rotatable bonds is 4. The minimum atomic E-state index is -0.334. The molecule has 1 aromatic heterocycles. The molecular formula is C20H19FN4OS. The molecule has 0 atom stereocenters. The van der Waals surface area contributed by atoms with Gasteiger partial charge < -0.3 is 9.80 Å². The van der Waals surface area contributed by atoms with Gasteiger partial charge in [-0.2, -0.15) is 4.37 Å². The Hall–Kier alpha value is -2.80. The highest BCUT2D eigenvalue weighted by Gasteiger charge is 2.24. The number of hydrogen-bond donors (Lipinski definition) is 0. The van der Waals surface area contributed by atoms with Gasteiger partial charge in [0.15, 0.2) is 0 Å². The Kier molecular flexibility index (Phi) is 5.11. The van der Waals surface area contributed by atoms with Gasteiger partial charge in [-0.25, -0.2) is 9.37 Å². The summed E-state index contributed by atoms with van der Waals surface area (Å²) in [6.45, 7) is 2.66. The fourth-order valence-electron chi connectivity index (χ4n) is 3.10. The van der Waals surface area contributed by atoms with E-state index in [-0.39, 0.29) is 11.7 Å². The van der Waals surface area contributed by atoms with Crippen molar-refractivity contribution in [1.82, 2.24) is 14.3 Å². The topological polar surface area (TPSA) is 49.3 Å². The van der Waals surface area contributed by atoms with Gasteiger partial charge in [-0.3, -0.25) is 4.79 Å². The Morgan fingerprint density at radius 3 is 2.41 bits per heavy atom. The Morgan fingerprint density at radius 1 is 1.00 bits per heavy atom. The van der Waals surface area contributed by atoms with Crippen LogP contribution in [0.15, 0.2) is 54.6 Å². The Labute approximate surface area is 161 Å². The Balaban J connectivity index is 1.35. The van der Waals surface area contributed by atoms with Crippen molar-refractivity contribution in [1.29, 1.82) is 0 Å². The average Bonchev–Trinajstić information content (AvgIpc) is 3.17. The van der Waals surface area contributed by atoms with Crippen LogP contribution >= 0.6 is 11.5 Å². The SMILES string of the molecule is O=C(c1ccc(F)cc1)N1CCN(c2nc(Cc3ccccc3)ns2)CC1. The molecule has 2 aromatic carbocycles. The van der Waals surface area contributed by atoms with Gasteiger partial charge in [0.2, 0.25) is 5.13 Å². The molecule has 27 heavy (non-hydrogen) atoms. The molecule has 0 N–H and O–H groups in total. The highest BCUT2D eigenvalue weighted by Crippen LogP contribution is 2.21. The maximum Gasteiger partial charge on any atom is 0.253 e. The fraction of sp³-hybridized carbons (Fsp3) is 0.250. The number of benzene rings is 2. The third-order valence-electron chi connectivity index (χ3n) is 4.59. The lowest BCUT2D eigenvalue weighted by atomic mass is 10.1. The second-order valence-electron chi connectivity index (χ2n) is 6.44. The number of carbonyl (C=O) groups excluding carboxylic acids is 1. The minimum Gasteiger partial charge on any atom is -0.343 e. The van der Waals surface area contributed by atoms with Crippen molar-refractivity contribution in [3.05, 3.63) is 77.4 Å². The molecule has 0 spiro atoms. The summed E-state index contributed by atoms with van der Waals surface area (Å²) < 4.78 is 17.5. The van der Waals surface area contributed by atoms with Crippen molar-refractivity contribution in [2.24, 2.45) is 0 Å². The number of amides is 1. The zero-order valence-corrected chi connectivity index (χ0v) is 15.5. The predicted molar refractivity (Wildman–Crippen MR) is 104 cm³/mol. The molecule has 1 aliphatic heterocycles. The largest absolute Gasteiger partial charge is 0.343 e. The summed E-state index contributed by atoms with van der Waals surface area (Å²) in [4.78, 5) is 21.1. The maximum atomic E-state index is 13.0. The lowest BCUT2D eigenvalue weighted by molar-refractivity contribution is 0.0746. The van der Waals surface area contributed by atoms with Gasteiger partial charge in [-0.1, -0.05) is 30.3 Å². The van der Waals surface area contributed by atoms with Gasteiger partial charge in [-0.05, 0) is 29.8 Å². The quantitative estimate of drug-likeness (QED) is 0.695. The van der Waals surface area contributed by atoms with Crippen LogP contribution < -0.4 is 4.90 Å². The van der Waals surface area contributed by atoms with E-state index in [4.69, 9.17) is 0 Å². The summed E-state index contributed by atoms with van der Waals surface area (Å²) in [7, 11) is 0. The smallest absolute Gasteiger partial charge is 0.253 e. The lowest BCUT2D eigenvalue weighted by Gasteiger charge is -2.34. The second kappa shape index (κ2) is 7.84. The molecule has 5 nitrogen and oxygen atoms in total. The van der Waals surface area contributed by atoms with Crippen molar-refractivity contribution in [3.8, 4) is 0 Å². The van der Waals surface area contributed by atoms with Crippen molar-refractivity contribution in [2.75, 3.05) is 31.1 Å². The first-order valence-electron chi connectivity index (χ1n) is 8.85. The van der Waals surface area contributed by atoms with E-state index in [1.54, 1.807) is 4.90 Å². The molecule has 2 heterocycles. The molecule has 138 valence electrons. The monoisotopic (exact) mass is 382 g/mol. The summed E-state index contributed by atoms with van der Waals surface area (Å²) in [5.41, 5.74) is 1.71. The van der Waals surface area contributed by atoms with E-state index < -0.39 is 0 Å². The van der Waals surface area contributed by atoms with Gasteiger partial charge in [0.25, 0.3) is 5.91 Å². The number of carbonyl (C=O) groups is 1. The van der Waals surface area contributed by atoms with Gasteiger partial charge in [0, 0.05) is 49.7 Å². The molecule has 0 bridgehead atoms. The van der Waals surface area contributed by atoms with Crippen molar-refractivity contribution in [2.45, 2.75) is 6.42 Å². The first-order chi connectivity index (χ1) is 13.2. The van der Waals surface area contributed by atoms with Crippen LogP contribution in [0.3, 0.4) is 0 Å². The molecule has 1 amide bonds. The fourth-order valence-corrected chi connectivity index (χ4v) is 3.84. The zero-order valence-electron chi connectivity index (χ0n) is 14.7. The first kappa shape index (κ1) is 17.6. The molecular weight excluding hydrogens is 363 g/mol. The Bertz CT molecular complexity index is 905. The molecule has 1 saturated heterocycles. The van der Waals surface area contributed by atoms with E-state index in [0.717, 1.165) is 17.4 Å². The number of aromatic nitrogens is 2. The van der Waals surface area contributed by atoms with E-state index in [1.165, 1.54) is 41.4 Å². The average molecular weight is 382 g/mol. The molecule has 0 aliphatic carbocycles. The predicted octanol–water partition coefficient (Wildman–Crippen LogP) is 3.23. The molecule has 0 radical (unpaired) electrons. The van der Waals surface area contributed by atoms with Crippen LogP contribution in [-0.2, 0) is 6.42 Å². The van der Waals surface area contributed by atoms with Crippen molar-refractivity contribution < 1.29 is 9.18 Å². The highest BCUT2D eigenvalue weighted by atomic mass is 32.1. The van der Waals surface area contributed by atoms with E-state index in [2.05, 4.69) is 26.4 Å².